The maximum Gasteiger partial charge on any atom is 0.106 e. The van der Waals surface area contributed by atoms with Crippen LogP contribution in [0.25, 0.3) is 0 Å². The van der Waals surface area contributed by atoms with E-state index in [0.717, 1.165) is 24.5 Å². The van der Waals surface area contributed by atoms with Gasteiger partial charge in [0.05, 0.1) is 5.01 Å². The summed E-state index contributed by atoms with van der Waals surface area (Å²) in [6.45, 7) is 3.86. The quantitative estimate of drug-likeness (QED) is 0.871. The second kappa shape index (κ2) is 5.34. The topological polar surface area (TPSA) is 37.8 Å². The summed E-state index contributed by atoms with van der Waals surface area (Å²) in [6.07, 6.45) is 4.82. The lowest BCUT2D eigenvalue weighted by atomic mass is 10.5. The van der Waals surface area contributed by atoms with Gasteiger partial charge in [-0.3, -0.25) is 0 Å². The number of nitrogens with zero attached hydrogens (tertiary/aromatic N) is 2. The molecular formula is C10H13N3S2. The molecule has 0 atom stereocenters. The van der Waals surface area contributed by atoms with Gasteiger partial charge in [0, 0.05) is 35.7 Å². The molecule has 3 nitrogen and oxygen atoms in total. The smallest absolute Gasteiger partial charge is 0.106 e. The van der Waals surface area contributed by atoms with E-state index in [-0.39, 0.29) is 0 Å². The van der Waals surface area contributed by atoms with Crippen molar-refractivity contribution >= 4 is 22.7 Å². The summed E-state index contributed by atoms with van der Waals surface area (Å²) in [7, 11) is 0. The van der Waals surface area contributed by atoms with Gasteiger partial charge in [0.2, 0.25) is 0 Å². The van der Waals surface area contributed by atoms with Crippen LogP contribution in [0.15, 0.2) is 17.8 Å². The Morgan fingerprint density at radius 1 is 1.27 bits per heavy atom. The van der Waals surface area contributed by atoms with E-state index < -0.39 is 0 Å². The van der Waals surface area contributed by atoms with Gasteiger partial charge in [-0.15, -0.1) is 22.7 Å². The van der Waals surface area contributed by atoms with Crippen molar-refractivity contribution in [2.45, 2.75) is 26.4 Å². The molecule has 0 saturated heterocycles. The van der Waals surface area contributed by atoms with Gasteiger partial charge in [-0.05, 0) is 6.42 Å². The minimum atomic E-state index is 0.844. The minimum Gasteiger partial charge on any atom is -0.305 e. The third-order valence-corrected chi connectivity index (χ3v) is 3.88. The van der Waals surface area contributed by atoms with Gasteiger partial charge in [0.25, 0.3) is 0 Å². The number of nitrogens with one attached hydrogen (secondary N) is 1. The summed E-state index contributed by atoms with van der Waals surface area (Å²) in [4.78, 5) is 9.82. The van der Waals surface area contributed by atoms with Crippen molar-refractivity contribution in [1.82, 2.24) is 15.3 Å². The summed E-state index contributed by atoms with van der Waals surface area (Å²) < 4.78 is 0. The van der Waals surface area contributed by atoms with E-state index in [2.05, 4.69) is 22.2 Å². The average molecular weight is 239 g/mol. The van der Waals surface area contributed by atoms with Gasteiger partial charge in [-0.2, -0.15) is 0 Å². The number of thiazole rings is 2. The number of hydrogen-bond donors (Lipinski definition) is 1. The first-order valence-corrected chi connectivity index (χ1v) is 6.60. The van der Waals surface area contributed by atoms with Crippen molar-refractivity contribution in [3.05, 3.63) is 32.7 Å². The number of aromatic nitrogens is 2. The van der Waals surface area contributed by atoms with Gasteiger partial charge in [0.15, 0.2) is 0 Å². The Labute approximate surface area is 97.2 Å². The molecule has 80 valence electrons. The Kier molecular flexibility index (Phi) is 3.82. The van der Waals surface area contributed by atoms with Crippen molar-refractivity contribution in [2.75, 3.05) is 0 Å². The molecule has 0 aliphatic carbocycles. The highest BCUT2D eigenvalue weighted by Gasteiger charge is 2.00. The SMILES string of the molecule is CCc1ncc(CNCc2nccs2)s1. The summed E-state index contributed by atoms with van der Waals surface area (Å²) in [6, 6.07) is 0. The monoisotopic (exact) mass is 239 g/mol. The molecule has 2 aromatic rings. The molecule has 0 saturated carbocycles. The molecule has 1 N–H and O–H groups in total. The summed E-state index contributed by atoms with van der Waals surface area (Å²) >= 11 is 3.46. The third-order valence-electron chi connectivity index (χ3n) is 1.96. The van der Waals surface area contributed by atoms with Crippen molar-refractivity contribution in [1.29, 1.82) is 0 Å². The molecule has 0 radical (unpaired) electrons. The Morgan fingerprint density at radius 3 is 2.87 bits per heavy atom. The Morgan fingerprint density at radius 2 is 2.20 bits per heavy atom. The van der Waals surface area contributed by atoms with E-state index in [1.54, 1.807) is 22.7 Å². The Balaban J connectivity index is 1.78. The predicted molar refractivity (Wildman–Crippen MR) is 64.1 cm³/mol. The van der Waals surface area contributed by atoms with Gasteiger partial charge in [-0.25, -0.2) is 9.97 Å². The van der Waals surface area contributed by atoms with E-state index in [4.69, 9.17) is 0 Å². The standard InChI is InChI=1S/C10H13N3S2/c1-2-9-13-6-8(15-9)5-11-7-10-12-3-4-14-10/h3-4,6,11H,2,5,7H2,1H3. The fraction of sp³-hybridized carbons (Fsp3) is 0.400. The number of hydrogen-bond acceptors (Lipinski definition) is 5. The lowest BCUT2D eigenvalue weighted by Gasteiger charge is -1.98. The molecule has 2 aromatic heterocycles. The van der Waals surface area contributed by atoms with Crippen LogP contribution in [0.2, 0.25) is 0 Å². The summed E-state index contributed by atoms with van der Waals surface area (Å²) in [5.41, 5.74) is 0. The van der Waals surface area contributed by atoms with Crippen LogP contribution in [0, 0.1) is 0 Å². The lowest BCUT2D eigenvalue weighted by molar-refractivity contribution is 0.696. The van der Waals surface area contributed by atoms with E-state index in [9.17, 15) is 0 Å². The Hall–Kier alpha value is -0.780. The van der Waals surface area contributed by atoms with Gasteiger partial charge in [0.1, 0.15) is 5.01 Å². The second-order valence-corrected chi connectivity index (χ2v) is 5.28. The zero-order valence-corrected chi connectivity index (χ0v) is 10.2. The zero-order chi connectivity index (χ0) is 10.5. The molecule has 0 amide bonds. The van der Waals surface area contributed by atoms with Crippen molar-refractivity contribution in [3.63, 3.8) is 0 Å². The van der Waals surface area contributed by atoms with E-state index in [1.807, 2.05) is 17.8 Å². The summed E-state index contributed by atoms with van der Waals surface area (Å²) in [5.74, 6) is 0. The normalized spacial score (nSPS) is 10.7. The second-order valence-electron chi connectivity index (χ2n) is 3.10. The lowest BCUT2D eigenvalue weighted by Crippen LogP contribution is -2.11. The van der Waals surface area contributed by atoms with E-state index >= 15 is 0 Å². The van der Waals surface area contributed by atoms with Crippen LogP contribution in [0.5, 0.6) is 0 Å². The van der Waals surface area contributed by atoms with Crippen molar-refractivity contribution in [3.8, 4) is 0 Å². The van der Waals surface area contributed by atoms with Crippen LogP contribution in [0.4, 0.5) is 0 Å². The molecule has 2 rings (SSSR count). The largest absolute Gasteiger partial charge is 0.305 e. The molecule has 15 heavy (non-hydrogen) atoms. The molecule has 2 heterocycles. The number of aryl methyl sites for hydroxylation is 1. The van der Waals surface area contributed by atoms with Crippen molar-refractivity contribution in [2.24, 2.45) is 0 Å². The first kappa shape index (κ1) is 10.7. The van der Waals surface area contributed by atoms with Crippen LogP contribution >= 0.6 is 22.7 Å². The molecule has 0 aliphatic heterocycles. The highest BCUT2D eigenvalue weighted by atomic mass is 32.1. The van der Waals surface area contributed by atoms with Crippen LogP contribution in [-0.4, -0.2) is 9.97 Å². The fourth-order valence-electron chi connectivity index (χ4n) is 1.23. The van der Waals surface area contributed by atoms with E-state index in [0.29, 0.717) is 0 Å². The van der Waals surface area contributed by atoms with Crippen LogP contribution in [-0.2, 0) is 19.5 Å². The molecule has 0 fully saturated rings. The fourth-order valence-corrected chi connectivity index (χ4v) is 2.64. The van der Waals surface area contributed by atoms with Gasteiger partial charge in [-0.1, -0.05) is 6.92 Å². The molecule has 0 aromatic carbocycles. The van der Waals surface area contributed by atoms with Crippen LogP contribution in [0.1, 0.15) is 21.8 Å². The first-order valence-electron chi connectivity index (χ1n) is 4.91. The summed E-state index contributed by atoms with van der Waals surface area (Å²) in [5, 5.41) is 7.70. The highest BCUT2D eigenvalue weighted by Crippen LogP contribution is 2.13. The Bertz CT molecular complexity index is 394. The molecule has 0 unspecified atom stereocenters. The van der Waals surface area contributed by atoms with Gasteiger partial charge >= 0.3 is 0 Å². The van der Waals surface area contributed by atoms with Gasteiger partial charge < -0.3 is 5.32 Å². The highest BCUT2D eigenvalue weighted by molar-refractivity contribution is 7.11. The zero-order valence-electron chi connectivity index (χ0n) is 8.56. The molecular weight excluding hydrogens is 226 g/mol. The molecule has 0 spiro atoms. The molecule has 0 bridgehead atoms. The first-order chi connectivity index (χ1) is 7.38. The van der Waals surface area contributed by atoms with E-state index in [1.165, 1.54) is 9.88 Å². The molecule has 5 heteroatoms. The van der Waals surface area contributed by atoms with Crippen molar-refractivity contribution < 1.29 is 0 Å². The predicted octanol–water partition coefficient (Wildman–Crippen LogP) is 2.45. The maximum absolute atomic E-state index is 4.32. The number of rotatable bonds is 5. The average Bonchev–Trinajstić information content (AvgIpc) is 2.88. The third kappa shape index (κ3) is 3.09. The maximum atomic E-state index is 4.32. The minimum absolute atomic E-state index is 0.844. The van der Waals surface area contributed by atoms with Crippen LogP contribution in [0.3, 0.4) is 0 Å². The molecule has 0 aliphatic rings. The van der Waals surface area contributed by atoms with Crippen LogP contribution < -0.4 is 5.32 Å².